The highest BCUT2D eigenvalue weighted by molar-refractivity contribution is 6.45. The van der Waals surface area contributed by atoms with Gasteiger partial charge in [0, 0.05) is 11.5 Å². The van der Waals surface area contributed by atoms with Crippen LogP contribution in [0.2, 0.25) is 0 Å². The van der Waals surface area contributed by atoms with Crippen LogP contribution in [0.5, 0.6) is 0 Å². The van der Waals surface area contributed by atoms with E-state index in [1.807, 2.05) is 19.0 Å². The number of allylic oxidation sites excluding steroid dienone is 2. The second kappa shape index (κ2) is 8.23. The first-order chi connectivity index (χ1) is 16.0. The molecule has 0 amide bonds. The minimum atomic E-state index is -1.97. The van der Waals surface area contributed by atoms with Crippen molar-refractivity contribution in [2.45, 2.75) is 86.3 Å². The first kappa shape index (κ1) is 26.5. The summed E-state index contributed by atoms with van der Waals surface area (Å²) in [4.78, 5) is 39.0. The van der Waals surface area contributed by atoms with E-state index in [2.05, 4.69) is 6.58 Å². The fourth-order valence-corrected chi connectivity index (χ4v) is 7.16. The highest BCUT2D eigenvalue weighted by Crippen LogP contribution is 2.60. The molecule has 2 fully saturated rings. The van der Waals surface area contributed by atoms with E-state index in [-0.39, 0.29) is 29.7 Å². The Bertz CT molecular complexity index is 1130. The monoisotopic (exact) mass is 542 g/mol. The molecule has 7 nitrogen and oxygen atoms in total. The van der Waals surface area contributed by atoms with Gasteiger partial charge < -0.3 is 20.5 Å². The number of hydrogen-bond acceptors (Lipinski definition) is 5. The number of rotatable bonds is 3. The molecule has 2 N–H and O–H groups in total. The van der Waals surface area contributed by atoms with Gasteiger partial charge in [0.05, 0.1) is 22.1 Å². The Morgan fingerprint density at radius 3 is 2.40 bits per heavy atom. The predicted molar refractivity (Wildman–Crippen MR) is 132 cm³/mol. The Hall–Kier alpha value is -1.54. The lowest BCUT2D eigenvalue weighted by Crippen LogP contribution is -2.80. The fourth-order valence-electron chi connectivity index (χ4n) is 6.09. The van der Waals surface area contributed by atoms with Crippen molar-refractivity contribution in [2.24, 2.45) is 11.3 Å². The summed E-state index contributed by atoms with van der Waals surface area (Å²) >= 11 is 20.5. The normalized spacial score (nSPS) is 40.7. The number of carbonyl (C=O) groups is 3. The number of nitrogens with zero attached hydrogens (tertiary/aromatic N) is 1. The van der Waals surface area contributed by atoms with Crippen LogP contribution in [0.25, 0.3) is 5.53 Å². The zero-order valence-electron chi connectivity index (χ0n) is 20.1. The Labute approximate surface area is 219 Å². The number of fused-ring (bicyclic) bond motifs is 1. The van der Waals surface area contributed by atoms with Crippen molar-refractivity contribution in [1.29, 1.82) is 0 Å². The molecule has 0 spiro atoms. The quantitative estimate of drug-likeness (QED) is 0.321. The van der Waals surface area contributed by atoms with Gasteiger partial charge >= 0.3 is 0 Å². The zero-order valence-corrected chi connectivity index (χ0v) is 22.4. The molecule has 0 aromatic carbocycles. The molecule has 1 aliphatic heterocycles. The molecular formula is C25H29Cl3N2O5. The zero-order chi connectivity index (χ0) is 26.3. The molecule has 190 valence electrons. The van der Waals surface area contributed by atoms with E-state index >= 15 is 0 Å². The smallest absolute Gasteiger partial charge is 0.232 e. The van der Waals surface area contributed by atoms with E-state index < -0.39 is 61.6 Å². The summed E-state index contributed by atoms with van der Waals surface area (Å²) in [7, 11) is 0. The lowest BCUT2D eigenvalue weighted by Gasteiger charge is -2.59. The van der Waals surface area contributed by atoms with Crippen molar-refractivity contribution in [3.63, 3.8) is 0 Å². The van der Waals surface area contributed by atoms with Crippen LogP contribution in [0.4, 0.5) is 0 Å². The molecule has 0 aromatic heterocycles. The van der Waals surface area contributed by atoms with Crippen molar-refractivity contribution in [3.05, 3.63) is 40.7 Å². The number of aliphatic hydroxyl groups excluding tert-OH is 1. The first-order valence-electron chi connectivity index (χ1n) is 11.6. The second-order valence-corrected chi connectivity index (χ2v) is 12.9. The van der Waals surface area contributed by atoms with E-state index in [9.17, 15) is 25.0 Å². The molecule has 0 radical (unpaired) electrons. The van der Waals surface area contributed by atoms with Crippen LogP contribution in [-0.4, -0.2) is 55.3 Å². The van der Waals surface area contributed by atoms with Crippen molar-refractivity contribution in [3.8, 4) is 0 Å². The van der Waals surface area contributed by atoms with E-state index in [4.69, 9.17) is 39.5 Å². The SMILES string of the molecule is C=C1CC[C@H](Cl)C(C)(C)[C@@H]1C[C@@]12OC(C)(C)[C@H](Cl)C[C@]1(Cl)C(=O)C1=C(C2=O)C([NH+]=[N-])C(=O)C=C1O. The van der Waals surface area contributed by atoms with Crippen LogP contribution in [0.15, 0.2) is 35.1 Å². The Balaban J connectivity index is 1.99. The van der Waals surface area contributed by atoms with Crippen LogP contribution in [-0.2, 0) is 19.1 Å². The third-order valence-electron chi connectivity index (χ3n) is 8.41. The van der Waals surface area contributed by atoms with Gasteiger partial charge in [-0.25, -0.2) is 0 Å². The summed E-state index contributed by atoms with van der Waals surface area (Å²) in [6.07, 6.45) is 1.99. The van der Waals surface area contributed by atoms with Gasteiger partial charge in [-0.3, -0.25) is 14.4 Å². The number of carbonyl (C=O) groups excluding carboxylic acids is 3. The molecule has 1 heterocycles. The summed E-state index contributed by atoms with van der Waals surface area (Å²) in [5.41, 5.74) is 6.28. The molecule has 1 saturated heterocycles. The molecule has 1 saturated carbocycles. The summed E-state index contributed by atoms with van der Waals surface area (Å²) in [5.74, 6) is -3.35. The third-order valence-corrected chi connectivity index (χ3v) is 10.5. The summed E-state index contributed by atoms with van der Waals surface area (Å²) in [6, 6.07) is -1.56. The van der Waals surface area contributed by atoms with Crippen molar-refractivity contribution in [1.82, 2.24) is 0 Å². The number of hydrogen-bond donors (Lipinski definition) is 2. The number of ketones is 3. The van der Waals surface area contributed by atoms with Gasteiger partial charge in [-0.15, -0.1) is 34.8 Å². The third kappa shape index (κ3) is 3.52. The number of alkyl halides is 3. The summed E-state index contributed by atoms with van der Waals surface area (Å²) < 4.78 is 6.48. The summed E-state index contributed by atoms with van der Waals surface area (Å²) in [5, 5.41) is 11.4. The minimum Gasteiger partial charge on any atom is -0.508 e. The number of Topliss-reactive ketones (excluding diaryl/α,β-unsaturated/α-hetero) is 2. The van der Waals surface area contributed by atoms with Gasteiger partial charge in [0.2, 0.25) is 17.6 Å². The first-order valence-corrected chi connectivity index (χ1v) is 12.8. The lowest BCUT2D eigenvalue weighted by molar-refractivity contribution is -0.498. The molecule has 4 rings (SSSR count). The lowest BCUT2D eigenvalue weighted by atomic mass is 9.56. The molecule has 0 bridgehead atoms. The van der Waals surface area contributed by atoms with Crippen molar-refractivity contribution < 1.29 is 29.3 Å². The van der Waals surface area contributed by atoms with Crippen molar-refractivity contribution >= 4 is 52.2 Å². The Morgan fingerprint density at radius 2 is 1.80 bits per heavy atom. The maximum atomic E-state index is 14.4. The number of halogens is 3. The number of aliphatic hydroxyl groups is 1. The molecule has 6 atom stereocenters. The largest absolute Gasteiger partial charge is 0.508 e. The van der Waals surface area contributed by atoms with Crippen molar-refractivity contribution in [2.75, 3.05) is 0 Å². The fraction of sp³-hybridized carbons (Fsp3) is 0.640. The molecule has 0 aromatic rings. The van der Waals surface area contributed by atoms with Gasteiger partial charge in [-0.2, -0.15) is 0 Å². The maximum absolute atomic E-state index is 14.4. The summed E-state index contributed by atoms with van der Waals surface area (Å²) in [6.45, 7) is 11.6. The topological polar surface area (TPSA) is 117 Å². The van der Waals surface area contributed by atoms with Crippen LogP contribution in [0.3, 0.4) is 0 Å². The minimum absolute atomic E-state index is 0.0310. The molecule has 4 aliphatic rings. The molecule has 10 heteroatoms. The Morgan fingerprint density at radius 1 is 1.17 bits per heavy atom. The number of nitrogens with one attached hydrogen (secondary N) is 1. The number of ether oxygens (including phenoxy) is 1. The van der Waals surface area contributed by atoms with E-state index in [0.29, 0.717) is 12.8 Å². The predicted octanol–water partition coefficient (Wildman–Crippen LogP) is 3.44. The highest BCUT2D eigenvalue weighted by atomic mass is 35.5. The average molecular weight is 544 g/mol. The van der Waals surface area contributed by atoms with Gasteiger partial charge in [0.1, 0.15) is 10.6 Å². The molecular weight excluding hydrogens is 515 g/mol. The van der Waals surface area contributed by atoms with E-state index in [0.717, 1.165) is 11.6 Å². The van der Waals surface area contributed by atoms with Gasteiger partial charge in [-0.05, 0) is 50.9 Å². The van der Waals surface area contributed by atoms with E-state index in [1.165, 1.54) is 0 Å². The molecule has 35 heavy (non-hydrogen) atoms. The van der Waals surface area contributed by atoms with Gasteiger partial charge in [0.15, 0.2) is 11.4 Å². The van der Waals surface area contributed by atoms with E-state index in [1.54, 1.807) is 13.8 Å². The highest BCUT2D eigenvalue weighted by Gasteiger charge is 2.73. The Kier molecular flexibility index (Phi) is 6.24. The van der Waals surface area contributed by atoms with Crippen LogP contribution in [0, 0.1) is 11.3 Å². The average Bonchev–Trinajstić information content (AvgIpc) is 2.75. The second-order valence-electron chi connectivity index (χ2n) is 11.2. The van der Waals surface area contributed by atoms with Gasteiger partial charge in [-0.1, -0.05) is 26.0 Å². The van der Waals surface area contributed by atoms with Crippen LogP contribution in [0.1, 0.15) is 53.4 Å². The molecule has 3 aliphatic carbocycles. The van der Waals surface area contributed by atoms with Crippen LogP contribution >= 0.6 is 34.8 Å². The van der Waals surface area contributed by atoms with Crippen LogP contribution < -0.4 is 5.11 Å². The standard InChI is InChI=1S/C25H29Cl3N2O5/c1-11-6-7-15(26)22(2,3)12(11)9-25-21(34)18-17(13(31)8-14(32)19(18)30-29)20(33)24(25,28)10-16(27)23(4,5)35-25/h8,12,15-16,19,30-31H,1,6-7,9-10H2,2-5H3/t12-,15+,16-,19?,24+,25+/m1/s1. The molecule has 1 unspecified atom stereocenters. The van der Waals surface area contributed by atoms with Gasteiger partial charge in [0.25, 0.3) is 0 Å². The maximum Gasteiger partial charge on any atom is 0.232 e.